The van der Waals surface area contributed by atoms with Gasteiger partial charge in [-0.25, -0.2) is 0 Å². The zero-order valence-corrected chi connectivity index (χ0v) is 11.2. The molecule has 0 unspecified atom stereocenters. The number of aromatic nitrogens is 1. The van der Waals surface area contributed by atoms with Gasteiger partial charge in [-0.05, 0) is 43.6 Å². The molecule has 1 aliphatic heterocycles. The molecule has 0 amide bonds. The summed E-state index contributed by atoms with van der Waals surface area (Å²) in [6.07, 6.45) is 7.48. The molecule has 3 nitrogen and oxygen atoms in total. The number of hydrogen-bond donors (Lipinski definition) is 1. The second kappa shape index (κ2) is 5.46. The topological polar surface area (TPSA) is 42.8 Å². The Labute approximate surface area is 113 Å². The van der Waals surface area contributed by atoms with E-state index in [0.29, 0.717) is 0 Å². The first-order valence-corrected chi connectivity index (χ1v) is 7.09. The smallest absolute Gasteiger partial charge is 0.0992 e. The summed E-state index contributed by atoms with van der Waals surface area (Å²) in [5, 5.41) is 10.2. The number of nitrogens with zero attached hydrogens (tertiary/aromatic N) is 2. The summed E-state index contributed by atoms with van der Waals surface area (Å²) in [7, 11) is 0. The Kier molecular flexibility index (Phi) is 3.52. The van der Waals surface area contributed by atoms with Gasteiger partial charge in [0.1, 0.15) is 0 Å². The molecule has 98 valence electrons. The predicted octanol–water partition coefficient (Wildman–Crippen LogP) is 3.42. The van der Waals surface area contributed by atoms with Crippen LogP contribution >= 0.6 is 0 Å². The highest BCUT2D eigenvalue weighted by atomic mass is 15.1. The Morgan fingerprint density at radius 1 is 1.16 bits per heavy atom. The van der Waals surface area contributed by atoms with Crippen molar-refractivity contribution >= 4 is 10.9 Å². The minimum absolute atomic E-state index is 0.718. The number of likely N-dealkylation sites (tertiary alicyclic amines) is 1. The Morgan fingerprint density at radius 2 is 1.95 bits per heavy atom. The van der Waals surface area contributed by atoms with Gasteiger partial charge in [-0.3, -0.25) is 4.90 Å². The van der Waals surface area contributed by atoms with Crippen LogP contribution in [0.3, 0.4) is 0 Å². The first-order chi connectivity index (χ1) is 9.36. The van der Waals surface area contributed by atoms with Crippen molar-refractivity contribution in [3.8, 4) is 6.07 Å². The predicted molar refractivity (Wildman–Crippen MR) is 76.8 cm³/mol. The van der Waals surface area contributed by atoms with E-state index in [1.807, 2.05) is 12.1 Å². The quantitative estimate of drug-likeness (QED) is 0.891. The van der Waals surface area contributed by atoms with Crippen molar-refractivity contribution in [3.63, 3.8) is 0 Å². The molecule has 0 saturated carbocycles. The summed E-state index contributed by atoms with van der Waals surface area (Å²) in [6.45, 7) is 3.44. The summed E-state index contributed by atoms with van der Waals surface area (Å²) in [5.74, 6) is 0. The molecule has 3 heteroatoms. The lowest BCUT2D eigenvalue weighted by Crippen LogP contribution is -2.23. The second-order valence-corrected chi connectivity index (χ2v) is 5.38. The van der Waals surface area contributed by atoms with Gasteiger partial charge in [0, 0.05) is 23.6 Å². The number of fused-ring (bicyclic) bond motifs is 1. The molecular weight excluding hydrogens is 234 g/mol. The SMILES string of the molecule is N#Cc1ccc2c(CN3CCCCCC3)c[nH]c2c1. The van der Waals surface area contributed by atoms with Crippen LogP contribution in [0, 0.1) is 11.3 Å². The maximum atomic E-state index is 8.92. The van der Waals surface area contributed by atoms with Crippen LogP contribution in [0.2, 0.25) is 0 Å². The van der Waals surface area contributed by atoms with E-state index in [0.717, 1.165) is 17.6 Å². The van der Waals surface area contributed by atoms with Crippen LogP contribution in [-0.2, 0) is 6.54 Å². The van der Waals surface area contributed by atoms with Gasteiger partial charge in [0.15, 0.2) is 0 Å². The number of hydrogen-bond acceptors (Lipinski definition) is 2. The largest absolute Gasteiger partial charge is 0.361 e. The highest BCUT2D eigenvalue weighted by molar-refractivity contribution is 5.84. The molecule has 1 fully saturated rings. The van der Waals surface area contributed by atoms with E-state index >= 15 is 0 Å². The molecule has 0 aliphatic carbocycles. The number of aromatic amines is 1. The molecule has 2 aromatic rings. The Bertz CT molecular complexity index is 598. The molecule has 1 aliphatic rings. The van der Waals surface area contributed by atoms with E-state index in [2.05, 4.69) is 28.2 Å². The van der Waals surface area contributed by atoms with Crippen LogP contribution < -0.4 is 0 Å². The van der Waals surface area contributed by atoms with E-state index in [1.54, 1.807) is 0 Å². The van der Waals surface area contributed by atoms with Gasteiger partial charge in [-0.2, -0.15) is 5.26 Å². The van der Waals surface area contributed by atoms with Gasteiger partial charge in [0.05, 0.1) is 11.6 Å². The molecule has 0 atom stereocenters. The lowest BCUT2D eigenvalue weighted by atomic mass is 10.1. The van der Waals surface area contributed by atoms with Gasteiger partial charge in [0.2, 0.25) is 0 Å². The average Bonchev–Trinajstić information content (AvgIpc) is 2.66. The van der Waals surface area contributed by atoms with E-state index in [1.165, 1.54) is 49.7 Å². The van der Waals surface area contributed by atoms with E-state index in [4.69, 9.17) is 5.26 Å². The first-order valence-electron chi connectivity index (χ1n) is 7.09. The number of nitrogens with one attached hydrogen (secondary N) is 1. The Hall–Kier alpha value is -1.79. The summed E-state index contributed by atoms with van der Waals surface area (Å²) >= 11 is 0. The third-order valence-corrected chi connectivity index (χ3v) is 3.99. The second-order valence-electron chi connectivity index (χ2n) is 5.38. The third kappa shape index (κ3) is 2.64. The van der Waals surface area contributed by atoms with Crippen molar-refractivity contribution < 1.29 is 0 Å². The lowest BCUT2D eigenvalue weighted by Gasteiger charge is -2.19. The zero-order chi connectivity index (χ0) is 13.1. The number of benzene rings is 1. The van der Waals surface area contributed by atoms with E-state index in [9.17, 15) is 0 Å². The van der Waals surface area contributed by atoms with Crippen LogP contribution in [0.5, 0.6) is 0 Å². The van der Waals surface area contributed by atoms with Gasteiger partial charge in [0.25, 0.3) is 0 Å². The maximum absolute atomic E-state index is 8.92. The van der Waals surface area contributed by atoms with Crippen LogP contribution in [0.1, 0.15) is 36.8 Å². The molecule has 0 radical (unpaired) electrons. The Balaban J connectivity index is 1.83. The van der Waals surface area contributed by atoms with Crippen molar-refractivity contribution in [2.75, 3.05) is 13.1 Å². The summed E-state index contributed by atoms with van der Waals surface area (Å²) in [4.78, 5) is 5.84. The van der Waals surface area contributed by atoms with E-state index < -0.39 is 0 Å². The number of H-pyrrole nitrogens is 1. The maximum Gasteiger partial charge on any atom is 0.0992 e. The fourth-order valence-electron chi connectivity index (χ4n) is 2.92. The minimum Gasteiger partial charge on any atom is -0.361 e. The summed E-state index contributed by atoms with van der Waals surface area (Å²) in [5.41, 5.74) is 3.14. The molecule has 19 heavy (non-hydrogen) atoms. The average molecular weight is 253 g/mol. The van der Waals surface area contributed by atoms with Gasteiger partial charge in [-0.15, -0.1) is 0 Å². The van der Waals surface area contributed by atoms with Crippen molar-refractivity contribution in [2.24, 2.45) is 0 Å². The first kappa shape index (κ1) is 12.3. The van der Waals surface area contributed by atoms with Gasteiger partial charge in [-0.1, -0.05) is 18.9 Å². The highest BCUT2D eigenvalue weighted by Crippen LogP contribution is 2.22. The van der Waals surface area contributed by atoms with Crippen molar-refractivity contribution in [1.82, 2.24) is 9.88 Å². The summed E-state index contributed by atoms with van der Waals surface area (Å²) in [6, 6.07) is 8.09. The molecule has 2 heterocycles. The lowest BCUT2D eigenvalue weighted by molar-refractivity contribution is 0.278. The molecule has 1 aromatic carbocycles. The number of rotatable bonds is 2. The Morgan fingerprint density at radius 3 is 2.68 bits per heavy atom. The standard InChI is InChI=1S/C16H19N3/c17-10-13-5-6-15-14(11-18-16(15)9-13)12-19-7-3-1-2-4-8-19/h5-6,9,11,18H,1-4,7-8,12H2. The fourth-order valence-corrected chi connectivity index (χ4v) is 2.92. The molecule has 0 bridgehead atoms. The van der Waals surface area contributed by atoms with Crippen molar-refractivity contribution in [2.45, 2.75) is 32.2 Å². The van der Waals surface area contributed by atoms with Crippen LogP contribution in [0.15, 0.2) is 24.4 Å². The fraction of sp³-hybridized carbons (Fsp3) is 0.438. The molecule has 1 aromatic heterocycles. The third-order valence-electron chi connectivity index (χ3n) is 3.99. The molecular formula is C16H19N3. The van der Waals surface area contributed by atoms with E-state index in [-0.39, 0.29) is 0 Å². The molecule has 1 N–H and O–H groups in total. The van der Waals surface area contributed by atoms with Crippen molar-refractivity contribution in [3.05, 3.63) is 35.5 Å². The molecule has 1 saturated heterocycles. The van der Waals surface area contributed by atoms with Crippen LogP contribution in [-0.4, -0.2) is 23.0 Å². The van der Waals surface area contributed by atoms with Crippen LogP contribution in [0.25, 0.3) is 10.9 Å². The minimum atomic E-state index is 0.718. The summed E-state index contributed by atoms with van der Waals surface area (Å²) < 4.78 is 0. The molecule has 0 spiro atoms. The van der Waals surface area contributed by atoms with Gasteiger partial charge < -0.3 is 4.98 Å². The zero-order valence-electron chi connectivity index (χ0n) is 11.2. The molecule has 3 rings (SSSR count). The van der Waals surface area contributed by atoms with Crippen molar-refractivity contribution in [1.29, 1.82) is 5.26 Å². The van der Waals surface area contributed by atoms with Crippen LogP contribution in [0.4, 0.5) is 0 Å². The highest BCUT2D eigenvalue weighted by Gasteiger charge is 2.12. The van der Waals surface area contributed by atoms with Gasteiger partial charge >= 0.3 is 0 Å². The normalized spacial score (nSPS) is 17.2. The monoisotopic (exact) mass is 253 g/mol. The number of nitriles is 1.